The fraction of sp³-hybridized carbons (Fsp3) is 0.588. The number of aliphatic imine (C=N–C) groups is 1. The molecule has 0 aromatic heterocycles. The molecule has 1 N–H and O–H groups in total. The average Bonchev–Trinajstić information content (AvgIpc) is 2.56. The van der Waals surface area contributed by atoms with E-state index < -0.39 is 0 Å². The fourth-order valence-corrected chi connectivity index (χ4v) is 2.71. The van der Waals surface area contributed by atoms with Gasteiger partial charge in [0.25, 0.3) is 0 Å². The number of fused-ring (bicyclic) bond motifs is 1. The second-order valence-electron chi connectivity index (χ2n) is 5.38. The number of hydrogen-bond donors (Lipinski definition) is 1. The van der Waals surface area contributed by atoms with E-state index >= 15 is 0 Å². The van der Waals surface area contributed by atoms with Crippen molar-refractivity contribution in [1.82, 2.24) is 10.2 Å². The standard InChI is InChI=1S/C17H27N3O2/c1-5-8-19-17(18-6-2)20-9-7-13-10-15(21-3)16(22-4)11-14(13)12-20/h10-11H,5-9,12H2,1-4H3,(H,18,19). The molecule has 0 unspecified atom stereocenters. The highest BCUT2D eigenvalue weighted by atomic mass is 16.5. The van der Waals surface area contributed by atoms with Crippen molar-refractivity contribution in [2.75, 3.05) is 33.9 Å². The number of guanidine groups is 1. The molecule has 5 heteroatoms. The summed E-state index contributed by atoms with van der Waals surface area (Å²) in [5, 5.41) is 3.39. The number of rotatable bonds is 5. The lowest BCUT2D eigenvalue weighted by atomic mass is 9.99. The number of benzene rings is 1. The van der Waals surface area contributed by atoms with Crippen molar-refractivity contribution in [2.24, 2.45) is 4.99 Å². The van der Waals surface area contributed by atoms with E-state index in [0.717, 1.165) is 56.5 Å². The zero-order valence-electron chi connectivity index (χ0n) is 14.1. The Morgan fingerprint density at radius 1 is 1.18 bits per heavy atom. The molecule has 22 heavy (non-hydrogen) atoms. The molecule has 0 aliphatic carbocycles. The molecule has 1 aliphatic rings. The second-order valence-corrected chi connectivity index (χ2v) is 5.38. The van der Waals surface area contributed by atoms with Gasteiger partial charge in [0.1, 0.15) is 0 Å². The van der Waals surface area contributed by atoms with E-state index in [2.05, 4.69) is 41.2 Å². The van der Waals surface area contributed by atoms with Crippen molar-refractivity contribution < 1.29 is 9.47 Å². The summed E-state index contributed by atoms with van der Waals surface area (Å²) in [4.78, 5) is 6.99. The van der Waals surface area contributed by atoms with Gasteiger partial charge in [-0.05, 0) is 43.0 Å². The van der Waals surface area contributed by atoms with Crippen LogP contribution in [0.25, 0.3) is 0 Å². The minimum atomic E-state index is 0.790. The summed E-state index contributed by atoms with van der Waals surface area (Å²) in [6.45, 7) is 7.82. The molecule has 0 amide bonds. The van der Waals surface area contributed by atoms with Crippen molar-refractivity contribution in [1.29, 1.82) is 0 Å². The first-order valence-electron chi connectivity index (χ1n) is 8.00. The van der Waals surface area contributed by atoms with Crippen LogP contribution in [0.5, 0.6) is 11.5 Å². The minimum Gasteiger partial charge on any atom is -0.493 e. The summed E-state index contributed by atoms with van der Waals surface area (Å²) >= 11 is 0. The van der Waals surface area contributed by atoms with Crippen molar-refractivity contribution in [3.63, 3.8) is 0 Å². The van der Waals surface area contributed by atoms with Crippen LogP contribution in [-0.2, 0) is 13.0 Å². The van der Waals surface area contributed by atoms with E-state index in [4.69, 9.17) is 9.47 Å². The van der Waals surface area contributed by atoms with Crippen molar-refractivity contribution in [2.45, 2.75) is 33.2 Å². The zero-order chi connectivity index (χ0) is 15.9. The van der Waals surface area contributed by atoms with E-state index in [0.29, 0.717) is 0 Å². The quantitative estimate of drug-likeness (QED) is 0.670. The largest absolute Gasteiger partial charge is 0.493 e. The third-order valence-electron chi connectivity index (χ3n) is 3.84. The van der Waals surface area contributed by atoms with Crippen LogP contribution in [0.2, 0.25) is 0 Å². The van der Waals surface area contributed by atoms with E-state index in [-0.39, 0.29) is 0 Å². The third-order valence-corrected chi connectivity index (χ3v) is 3.84. The number of methoxy groups -OCH3 is 2. The van der Waals surface area contributed by atoms with Gasteiger partial charge in [-0.25, -0.2) is 0 Å². The van der Waals surface area contributed by atoms with Gasteiger partial charge in [0.05, 0.1) is 14.2 Å². The topological polar surface area (TPSA) is 46.1 Å². The zero-order valence-corrected chi connectivity index (χ0v) is 14.1. The Labute approximate surface area is 133 Å². The Bertz CT molecular complexity index is 529. The van der Waals surface area contributed by atoms with Crippen LogP contribution in [0.15, 0.2) is 17.1 Å². The van der Waals surface area contributed by atoms with Gasteiger partial charge in [0, 0.05) is 26.2 Å². The van der Waals surface area contributed by atoms with E-state index in [1.165, 1.54) is 11.1 Å². The maximum absolute atomic E-state index is 5.42. The summed E-state index contributed by atoms with van der Waals surface area (Å²) in [6.07, 6.45) is 2.05. The van der Waals surface area contributed by atoms with Gasteiger partial charge in [0.15, 0.2) is 17.5 Å². The van der Waals surface area contributed by atoms with Crippen LogP contribution in [0.4, 0.5) is 0 Å². The Morgan fingerprint density at radius 2 is 1.86 bits per heavy atom. The van der Waals surface area contributed by atoms with Gasteiger partial charge >= 0.3 is 0 Å². The monoisotopic (exact) mass is 305 g/mol. The molecule has 0 fully saturated rings. The number of nitrogens with zero attached hydrogens (tertiary/aromatic N) is 2. The molecule has 1 aromatic rings. The predicted molar refractivity (Wildman–Crippen MR) is 89.9 cm³/mol. The summed E-state index contributed by atoms with van der Waals surface area (Å²) in [6, 6.07) is 4.19. The van der Waals surface area contributed by atoms with Gasteiger partial charge in [-0.3, -0.25) is 4.99 Å². The molecule has 122 valence electrons. The van der Waals surface area contributed by atoms with Crippen molar-refractivity contribution >= 4 is 5.96 Å². The van der Waals surface area contributed by atoms with Crippen molar-refractivity contribution in [3.05, 3.63) is 23.3 Å². The van der Waals surface area contributed by atoms with Gasteiger partial charge in [-0.1, -0.05) is 6.92 Å². The molecule has 5 nitrogen and oxygen atoms in total. The summed E-state index contributed by atoms with van der Waals surface area (Å²) < 4.78 is 10.8. The molecule has 0 bridgehead atoms. The summed E-state index contributed by atoms with van der Waals surface area (Å²) in [5.74, 6) is 2.60. The van der Waals surface area contributed by atoms with Crippen LogP contribution in [0, 0.1) is 0 Å². The molecule has 2 rings (SSSR count). The fourth-order valence-electron chi connectivity index (χ4n) is 2.71. The van der Waals surface area contributed by atoms with Crippen molar-refractivity contribution in [3.8, 4) is 11.5 Å². The lowest BCUT2D eigenvalue weighted by Crippen LogP contribution is -2.44. The highest BCUT2D eigenvalue weighted by molar-refractivity contribution is 5.80. The lowest BCUT2D eigenvalue weighted by molar-refractivity contribution is 0.346. The Hall–Kier alpha value is -1.91. The van der Waals surface area contributed by atoms with E-state index in [1.54, 1.807) is 14.2 Å². The van der Waals surface area contributed by atoms with Gasteiger partial charge in [-0.15, -0.1) is 0 Å². The van der Waals surface area contributed by atoms with Gasteiger partial charge < -0.3 is 19.7 Å². The number of hydrogen-bond acceptors (Lipinski definition) is 3. The van der Waals surface area contributed by atoms with E-state index in [1.807, 2.05) is 0 Å². The predicted octanol–water partition coefficient (Wildman–Crippen LogP) is 2.44. The molecule has 0 spiro atoms. The first-order valence-corrected chi connectivity index (χ1v) is 8.00. The molecular weight excluding hydrogens is 278 g/mol. The highest BCUT2D eigenvalue weighted by Gasteiger charge is 2.21. The average molecular weight is 305 g/mol. The first-order chi connectivity index (χ1) is 10.7. The van der Waals surface area contributed by atoms with Crippen LogP contribution < -0.4 is 14.8 Å². The second kappa shape index (κ2) is 7.92. The molecule has 0 radical (unpaired) electrons. The van der Waals surface area contributed by atoms with Crippen LogP contribution in [0.1, 0.15) is 31.4 Å². The number of ether oxygens (including phenoxy) is 2. The van der Waals surface area contributed by atoms with Gasteiger partial charge in [-0.2, -0.15) is 0 Å². The molecule has 0 atom stereocenters. The maximum atomic E-state index is 5.42. The van der Waals surface area contributed by atoms with Crippen LogP contribution in [-0.4, -0.2) is 44.7 Å². The first kappa shape index (κ1) is 16.5. The normalized spacial score (nSPS) is 14.5. The van der Waals surface area contributed by atoms with Crippen LogP contribution >= 0.6 is 0 Å². The molecular formula is C17H27N3O2. The Kier molecular flexibility index (Phi) is 5.92. The lowest BCUT2D eigenvalue weighted by Gasteiger charge is -2.32. The van der Waals surface area contributed by atoms with Crippen LogP contribution in [0.3, 0.4) is 0 Å². The molecule has 0 saturated carbocycles. The van der Waals surface area contributed by atoms with Gasteiger partial charge in [0.2, 0.25) is 0 Å². The Morgan fingerprint density at radius 3 is 2.45 bits per heavy atom. The highest BCUT2D eigenvalue weighted by Crippen LogP contribution is 2.33. The molecule has 1 heterocycles. The SMILES string of the molecule is CCCN=C(NCC)N1CCc2cc(OC)c(OC)cc2C1. The minimum absolute atomic E-state index is 0.790. The molecule has 0 saturated heterocycles. The summed E-state index contributed by atoms with van der Waals surface area (Å²) in [5.41, 5.74) is 2.62. The smallest absolute Gasteiger partial charge is 0.194 e. The van der Waals surface area contributed by atoms with E-state index in [9.17, 15) is 0 Å². The third kappa shape index (κ3) is 3.64. The maximum Gasteiger partial charge on any atom is 0.194 e. The number of nitrogens with one attached hydrogen (secondary N) is 1. The molecule has 1 aromatic carbocycles. The molecule has 1 aliphatic heterocycles. The Balaban J connectivity index is 2.22. The summed E-state index contributed by atoms with van der Waals surface area (Å²) in [7, 11) is 3.36.